The highest BCUT2D eigenvalue weighted by molar-refractivity contribution is 5.92. The molecule has 0 spiro atoms. The van der Waals surface area contributed by atoms with Crippen molar-refractivity contribution in [2.75, 3.05) is 32.8 Å². The van der Waals surface area contributed by atoms with Gasteiger partial charge in [-0.05, 0) is 30.5 Å². The van der Waals surface area contributed by atoms with Gasteiger partial charge < -0.3 is 19.5 Å². The number of ether oxygens (including phenoxy) is 1. The van der Waals surface area contributed by atoms with Gasteiger partial charge in [-0.3, -0.25) is 9.59 Å². The molecule has 1 saturated heterocycles. The Morgan fingerprint density at radius 1 is 1.15 bits per heavy atom. The Morgan fingerprint density at radius 3 is 2.58 bits per heavy atom. The van der Waals surface area contributed by atoms with E-state index in [2.05, 4.69) is 4.98 Å². The lowest BCUT2D eigenvalue weighted by atomic mass is 10.1. The number of H-pyrrole nitrogens is 1. The Morgan fingerprint density at radius 2 is 1.85 bits per heavy atom. The second kappa shape index (κ2) is 7.86. The van der Waals surface area contributed by atoms with Crippen LogP contribution in [0.5, 0.6) is 0 Å². The van der Waals surface area contributed by atoms with Crippen LogP contribution in [0.1, 0.15) is 12.5 Å². The van der Waals surface area contributed by atoms with Gasteiger partial charge in [-0.15, -0.1) is 0 Å². The molecule has 0 saturated carbocycles. The van der Waals surface area contributed by atoms with Gasteiger partial charge in [-0.1, -0.05) is 18.2 Å². The molecule has 2 amide bonds. The normalized spacial score (nSPS) is 14.8. The number of hydrogen-bond acceptors (Lipinski definition) is 4. The Hall–Kier alpha value is -3.09. The maximum Gasteiger partial charge on any atom is 0.409 e. The van der Waals surface area contributed by atoms with Crippen LogP contribution in [0.25, 0.3) is 17.0 Å². The lowest BCUT2D eigenvalue weighted by Gasteiger charge is -2.33. The zero-order valence-electron chi connectivity index (χ0n) is 14.6. The summed E-state index contributed by atoms with van der Waals surface area (Å²) in [4.78, 5) is 42.2. The summed E-state index contributed by atoms with van der Waals surface area (Å²) in [6, 6.07) is 9.24. The van der Waals surface area contributed by atoms with Crippen LogP contribution in [0.4, 0.5) is 4.79 Å². The Bertz CT molecular complexity index is 895. The Labute approximate surface area is 150 Å². The number of para-hydroxylation sites is 1. The van der Waals surface area contributed by atoms with Gasteiger partial charge in [0.25, 0.3) is 5.56 Å². The van der Waals surface area contributed by atoms with E-state index in [-0.39, 0.29) is 17.6 Å². The second-order valence-electron chi connectivity index (χ2n) is 5.99. The average Bonchev–Trinajstić information content (AvgIpc) is 2.66. The molecule has 0 aliphatic carbocycles. The van der Waals surface area contributed by atoms with Gasteiger partial charge in [-0.2, -0.15) is 0 Å². The van der Waals surface area contributed by atoms with E-state index in [1.165, 1.54) is 12.2 Å². The quantitative estimate of drug-likeness (QED) is 0.852. The van der Waals surface area contributed by atoms with Crippen LogP contribution in [0.2, 0.25) is 0 Å². The summed E-state index contributed by atoms with van der Waals surface area (Å²) in [5, 5.41) is 0.905. The molecule has 0 radical (unpaired) electrons. The third-order valence-electron chi connectivity index (χ3n) is 4.31. The van der Waals surface area contributed by atoms with Crippen molar-refractivity contribution in [2.24, 2.45) is 0 Å². The summed E-state index contributed by atoms with van der Waals surface area (Å²) in [7, 11) is 0. The number of piperazine rings is 1. The molecule has 1 N–H and O–H groups in total. The van der Waals surface area contributed by atoms with Crippen molar-refractivity contribution >= 4 is 29.0 Å². The number of carbonyl (C=O) groups is 2. The molecule has 2 heterocycles. The number of fused-ring (bicyclic) bond motifs is 1. The lowest BCUT2D eigenvalue weighted by molar-refractivity contribution is -0.127. The predicted octanol–water partition coefficient (Wildman–Crippen LogP) is 1.84. The van der Waals surface area contributed by atoms with Gasteiger partial charge in [0, 0.05) is 43.3 Å². The summed E-state index contributed by atoms with van der Waals surface area (Å²) in [5.41, 5.74) is 0.957. The van der Waals surface area contributed by atoms with Crippen LogP contribution in [-0.4, -0.2) is 59.6 Å². The molecular weight excluding hydrogens is 334 g/mol. The number of pyridine rings is 1. The van der Waals surface area contributed by atoms with E-state index in [9.17, 15) is 14.4 Å². The van der Waals surface area contributed by atoms with E-state index in [0.29, 0.717) is 38.3 Å². The molecule has 7 heteroatoms. The number of carbonyl (C=O) groups excluding carboxylic acids is 2. The minimum absolute atomic E-state index is 0.180. The van der Waals surface area contributed by atoms with Gasteiger partial charge in [0.15, 0.2) is 0 Å². The molecule has 26 heavy (non-hydrogen) atoms. The molecule has 2 aromatic rings. The number of amides is 2. The molecule has 0 atom stereocenters. The number of rotatable bonds is 3. The Balaban J connectivity index is 1.64. The number of aromatic nitrogens is 1. The number of benzene rings is 1. The molecule has 1 aliphatic rings. The third-order valence-corrected chi connectivity index (χ3v) is 4.31. The first-order valence-electron chi connectivity index (χ1n) is 8.59. The fourth-order valence-electron chi connectivity index (χ4n) is 2.88. The number of hydrogen-bond donors (Lipinski definition) is 1. The second-order valence-corrected chi connectivity index (χ2v) is 5.99. The van der Waals surface area contributed by atoms with E-state index >= 15 is 0 Å². The van der Waals surface area contributed by atoms with Crippen LogP contribution < -0.4 is 5.56 Å². The maximum absolute atomic E-state index is 12.3. The lowest BCUT2D eigenvalue weighted by Crippen LogP contribution is -2.50. The SMILES string of the molecule is CCOC(=O)N1CCN(C(=O)/C=C/c2cc3ccccc3[nH]c2=O)CC1. The smallest absolute Gasteiger partial charge is 0.409 e. The predicted molar refractivity (Wildman–Crippen MR) is 98.8 cm³/mol. The Kier molecular flexibility index (Phi) is 5.36. The van der Waals surface area contributed by atoms with E-state index < -0.39 is 0 Å². The van der Waals surface area contributed by atoms with Crippen molar-refractivity contribution in [2.45, 2.75) is 6.92 Å². The fraction of sp³-hybridized carbons (Fsp3) is 0.316. The van der Waals surface area contributed by atoms with Crippen LogP contribution in [0.15, 0.2) is 41.2 Å². The molecule has 1 aliphatic heterocycles. The monoisotopic (exact) mass is 355 g/mol. The molecular formula is C19H21N3O4. The minimum atomic E-state index is -0.349. The third kappa shape index (κ3) is 3.93. The van der Waals surface area contributed by atoms with Crippen molar-refractivity contribution in [1.82, 2.24) is 14.8 Å². The van der Waals surface area contributed by atoms with Gasteiger partial charge in [0.1, 0.15) is 0 Å². The van der Waals surface area contributed by atoms with E-state index in [4.69, 9.17) is 4.74 Å². The van der Waals surface area contributed by atoms with Crippen LogP contribution >= 0.6 is 0 Å². The molecule has 3 rings (SSSR count). The minimum Gasteiger partial charge on any atom is -0.450 e. The molecule has 136 valence electrons. The summed E-state index contributed by atoms with van der Waals surface area (Å²) < 4.78 is 4.96. The summed E-state index contributed by atoms with van der Waals surface area (Å²) >= 11 is 0. The highest BCUT2D eigenvalue weighted by Crippen LogP contribution is 2.11. The summed E-state index contributed by atoms with van der Waals surface area (Å²) in [6.07, 6.45) is 2.59. The van der Waals surface area contributed by atoms with Crippen LogP contribution in [-0.2, 0) is 9.53 Å². The molecule has 1 aromatic heterocycles. The topological polar surface area (TPSA) is 82.7 Å². The standard InChI is InChI=1S/C19H21N3O4/c1-2-26-19(25)22-11-9-21(10-12-22)17(23)8-7-15-13-14-5-3-4-6-16(14)20-18(15)24/h3-8,13H,2,9-12H2,1H3,(H,20,24)/b8-7+. The maximum atomic E-state index is 12.3. The van der Waals surface area contributed by atoms with Gasteiger partial charge >= 0.3 is 6.09 Å². The largest absolute Gasteiger partial charge is 0.450 e. The summed E-state index contributed by atoms with van der Waals surface area (Å²) in [5.74, 6) is -0.180. The van der Waals surface area contributed by atoms with Crippen molar-refractivity contribution in [3.8, 4) is 0 Å². The first-order chi connectivity index (χ1) is 12.6. The summed E-state index contributed by atoms with van der Waals surface area (Å²) in [6.45, 7) is 3.86. The van der Waals surface area contributed by atoms with Gasteiger partial charge in [0.05, 0.1) is 6.61 Å². The number of nitrogens with one attached hydrogen (secondary N) is 1. The van der Waals surface area contributed by atoms with Crippen molar-refractivity contribution in [3.05, 3.63) is 52.3 Å². The van der Waals surface area contributed by atoms with Crippen molar-refractivity contribution < 1.29 is 14.3 Å². The molecule has 0 unspecified atom stereocenters. The molecule has 1 aromatic carbocycles. The molecule has 1 fully saturated rings. The molecule has 0 bridgehead atoms. The van der Waals surface area contributed by atoms with Gasteiger partial charge in [0.2, 0.25) is 5.91 Å². The number of aromatic amines is 1. The van der Waals surface area contributed by atoms with Crippen molar-refractivity contribution in [3.63, 3.8) is 0 Å². The zero-order chi connectivity index (χ0) is 18.5. The van der Waals surface area contributed by atoms with E-state index in [1.807, 2.05) is 24.3 Å². The van der Waals surface area contributed by atoms with E-state index in [0.717, 1.165) is 10.9 Å². The fourth-order valence-corrected chi connectivity index (χ4v) is 2.88. The highest BCUT2D eigenvalue weighted by Gasteiger charge is 2.23. The first-order valence-corrected chi connectivity index (χ1v) is 8.59. The highest BCUT2D eigenvalue weighted by atomic mass is 16.6. The zero-order valence-corrected chi connectivity index (χ0v) is 14.6. The van der Waals surface area contributed by atoms with Gasteiger partial charge in [-0.25, -0.2) is 4.79 Å². The van der Waals surface area contributed by atoms with Crippen LogP contribution in [0.3, 0.4) is 0 Å². The van der Waals surface area contributed by atoms with E-state index in [1.54, 1.807) is 22.8 Å². The van der Waals surface area contributed by atoms with Crippen molar-refractivity contribution in [1.29, 1.82) is 0 Å². The average molecular weight is 355 g/mol. The molecule has 7 nitrogen and oxygen atoms in total. The first kappa shape index (κ1) is 17.7. The number of nitrogens with zero attached hydrogens (tertiary/aromatic N) is 2. The van der Waals surface area contributed by atoms with Crippen LogP contribution in [0, 0.1) is 0 Å².